The molecule has 8 nitrogen and oxygen atoms in total. The second-order valence-electron chi connectivity index (χ2n) is 8.02. The van der Waals surface area contributed by atoms with Crippen LogP contribution in [0.1, 0.15) is 29.9 Å². The normalized spacial score (nSPS) is 10.9. The fourth-order valence-corrected chi connectivity index (χ4v) is 5.15. The molecule has 0 bridgehead atoms. The Morgan fingerprint density at radius 3 is 2.31 bits per heavy atom. The maximum atomic E-state index is 13.9. The molecule has 36 heavy (non-hydrogen) atoms. The number of likely N-dealkylation sites (N-methyl/N-ethyl adjacent to an activating group) is 1. The molecule has 2 heterocycles. The molecular formula is C26H32ClN5O3S. The summed E-state index contributed by atoms with van der Waals surface area (Å²) >= 11 is 1.43. The number of para-hydroxylation sites is 1. The standard InChI is InChI=1S/C26H31N5O3S.ClH/c1-6-29(7-2)15-16-30(26-28-23-21(33-4)13-14-22(34-5)24(23)35-26)25(32)20-17-27-31(18(20)3)19-11-9-8-10-12-19;/h8-14,17H,6-7,15-16H2,1-5H3;1H. The van der Waals surface area contributed by atoms with Crippen LogP contribution in [0.4, 0.5) is 5.13 Å². The van der Waals surface area contributed by atoms with Crippen molar-refractivity contribution in [1.29, 1.82) is 0 Å². The van der Waals surface area contributed by atoms with Gasteiger partial charge in [-0.2, -0.15) is 5.10 Å². The van der Waals surface area contributed by atoms with Crippen molar-refractivity contribution in [3.05, 3.63) is 59.9 Å². The van der Waals surface area contributed by atoms with Gasteiger partial charge in [0, 0.05) is 13.1 Å². The summed E-state index contributed by atoms with van der Waals surface area (Å²) in [5.74, 6) is 1.22. The van der Waals surface area contributed by atoms with Gasteiger partial charge in [0.2, 0.25) is 0 Å². The Morgan fingerprint density at radius 2 is 1.67 bits per heavy atom. The van der Waals surface area contributed by atoms with E-state index in [1.807, 2.05) is 49.4 Å². The molecule has 192 valence electrons. The summed E-state index contributed by atoms with van der Waals surface area (Å²) in [6, 6.07) is 13.5. The lowest BCUT2D eigenvalue weighted by molar-refractivity contribution is 0.0983. The van der Waals surface area contributed by atoms with E-state index in [1.165, 1.54) is 11.3 Å². The third-order valence-corrected chi connectivity index (χ3v) is 7.24. The number of hydrogen-bond donors (Lipinski definition) is 0. The molecule has 0 saturated carbocycles. The van der Waals surface area contributed by atoms with Gasteiger partial charge in [0.25, 0.3) is 5.91 Å². The molecule has 4 aromatic rings. The zero-order valence-corrected chi connectivity index (χ0v) is 22.9. The maximum Gasteiger partial charge on any atom is 0.263 e. The van der Waals surface area contributed by atoms with Crippen molar-refractivity contribution < 1.29 is 14.3 Å². The van der Waals surface area contributed by atoms with Gasteiger partial charge in [0.1, 0.15) is 21.7 Å². The van der Waals surface area contributed by atoms with E-state index in [9.17, 15) is 4.79 Å². The van der Waals surface area contributed by atoms with Gasteiger partial charge in [0.15, 0.2) is 5.13 Å². The molecule has 0 aliphatic carbocycles. The van der Waals surface area contributed by atoms with E-state index >= 15 is 0 Å². The molecule has 2 aromatic carbocycles. The number of aromatic nitrogens is 3. The summed E-state index contributed by atoms with van der Waals surface area (Å²) in [4.78, 5) is 22.8. The van der Waals surface area contributed by atoms with Crippen LogP contribution in [-0.4, -0.2) is 66.0 Å². The first-order valence-electron chi connectivity index (χ1n) is 11.7. The quantitative estimate of drug-likeness (QED) is 0.280. The number of hydrogen-bond acceptors (Lipinski definition) is 7. The fourth-order valence-electron chi connectivity index (χ4n) is 4.05. The largest absolute Gasteiger partial charge is 0.495 e. The van der Waals surface area contributed by atoms with E-state index in [0.29, 0.717) is 34.3 Å². The van der Waals surface area contributed by atoms with Gasteiger partial charge >= 0.3 is 0 Å². The van der Waals surface area contributed by atoms with Gasteiger partial charge < -0.3 is 14.4 Å². The van der Waals surface area contributed by atoms with Crippen LogP contribution in [0.25, 0.3) is 15.9 Å². The maximum absolute atomic E-state index is 13.9. The number of fused-ring (bicyclic) bond motifs is 1. The number of carbonyl (C=O) groups is 1. The average Bonchev–Trinajstić information content (AvgIpc) is 3.50. The SMILES string of the molecule is CCN(CC)CCN(C(=O)c1cnn(-c2ccccc2)c1C)c1nc2c(OC)ccc(OC)c2s1.Cl. The van der Waals surface area contributed by atoms with Gasteiger partial charge in [-0.1, -0.05) is 43.4 Å². The molecule has 0 aliphatic heterocycles. The number of amides is 1. The minimum atomic E-state index is -0.131. The molecular weight excluding hydrogens is 498 g/mol. The van der Waals surface area contributed by atoms with Gasteiger partial charge in [-0.05, 0) is 44.3 Å². The van der Waals surface area contributed by atoms with E-state index in [1.54, 1.807) is 30.0 Å². The van der Waals surface area contributed by atoms with E-state index < -0.39 is 0 Å². The van der Waals surface area contributed by atoms with Crippen LogP contribution in [0.15, 0.2) is 48.7 Å². The van der Waals surface area contributed by atoms with Crippen LogP contribution >= 0.6 is 23.7 Å². The summed E-state index contributed by atoms with van der Waals surface area (Å²) in [5.41, 5.74) is 2.93. The number of methoxy groups -OCH3 is 2. The summed E-state index contributed by atoms with van der Waals surface area (Å²) in [7, 11) is 3.25. The smallest absolute Gasteiger partial charge is 0.263 e. The molecule has 0 radical (unpaired) electrons. The third kappa shape index (κ3) is 5.33. The highest BCUT2D eigenvalue weighted by Crippen LogP contribution is 2.40. The Hall–Kier alpha value is -3.14. The first kappa shape index (κ1) is 27.4. The minimum Gasteiger partial charge on any atom is -0.495 e. The number of ether oxygens (including phenoxy) is 2. The average molecular weight is 530 g/mol. The predicted octanol–water partition coefficient (Wildman–Crippen LogP) is 5.22. The Bertz CT molecular complexity index is 1260. The molecule has 1 amide bonds. The van der Waals surface area contributed by atoms with Crippen molar-refractivity contribution in [1.82, 2.24) is 19.7 Å². The zero-order valence-electron chi connectivity index (χ0n) is 21.2. The van der Waals surface area contributed by atoms with Gasteiger partial charge in [0.05, 0.1) is 37.4 Å². The van der Waals surface area contributed by atoms with Gasteiger partial charge in [-0.15, -0.1) is 12.4 Å². The fraction of sp³-hybridized carbons (Fsp3) is 0.346. The molecule has 0 unspecified atom stereocenters. The van der Waals surface area contributed by atoms with Crippen molar-refractivity contribution in [3.8, 4) is 17.2 Å². The molecule has 0 spiro atoms. The summed E-state index contributed by atoms with van der Waals surface area (Å²) in [6.07, 6.45) is 1.64. The Morgan fingerprint density at radius 1 is 1.00 bits per heavy atom. The molecule has 0 saturated heterocycles. The van der Waals surface area contributed by atoms with Gasteiger partial charge in [-0.25, -0.2) is 9.67 Å². The predicted molar refractivity (Wildman–Crippen MR) is 148 cm³/mol. The van der Waals surface area contributed by atoms with Crippen molar-refractivity contribution in [2.24, 2.45) is 0 Å². The van der Waals surface area contributed by atoms with Crippen LogP contribution in [0, 0.1) is 6.92 Å². The number of halogens is 1. The van der Waals surface area contributed by atoms with Crippen molar-refractivity contribution in [2.75, 3.05) is 45.3 Å². The summed E-state index contributed by atoms with van der Waals surface area (Å²) in [5, 5.41) is 5.11. The van der Waals surface area contributed by atoms with E-state index in [0.717, 1.165) is 35.7 Å². The minimum absolute atomic E-state index is 0. The lowest BCUT2D eigenvalue weighted by Crippen LogP contribution is -2.39. The van der Waals surface area contributed by atoms with E-state index in [-0.39, 0.29) is 18.3 Å². The van der Waals surface area contributed by atoms with Crippen LogP contribution in [0.3, 0.4) is 0 Å². The molecule has 4 rings (SSSR count). The first-order chi connectivity index (χ1) is 17.0. The Kier molecular flexibility index (Phi) is 9.31. The molecule has 0 atom stereocenters. The van der Waals surface area contributed by atoms with E-state index in [2.05, 4.69) is 23.8 Å². The van der Waals surface area contributed by atoms with Crippen LogP contribution < -0.4 is 14.4 Å². The van der Waals surface area contributed by atoms with E-state index in [4.69, 9.17) is 14.5 Å². The number of rotatable bonds is 10. The molecule has 2 aromatic heterocycles. The highest BCUT2D eigenvalue weighted by molar-refractivity contribution is 7.22. The number of nitrogens with zero attached hydrogens (tertiary/aromatic N) is 5. The number of benzene rings is 2. The van der Waals surface area contributed by atoms with Crippen LogP contribution in [0.2, 0.25) is 0 Å². The summed E-state index contributed by atoms with van der Waals surface area (Å²) < 4.78 is 13.7. The Balaban J connectivity index is 0.00000361. The molecule has 0 aliphatic rings. The van der Waals surface area contributed by atoms with Crippen LogP contribution in [-0.2, 0) is 0 Å². The Labute approximate surface area is 221 Å². The highest BCUT2D eigenvalue weighted by atomic mass is 35.5. The molecule has 0 N–H and O–H groups in total. The van der Waals surface area contributed by atoms with Crippen LogP contribution in [0.5, 0.6) is 11.5 Å². The lowest BCUT2D eigenvalue weighted by Gasteiger charge is -2.24. The monoisotopic (exact) mass is 529 g/mol. The zero-order chi connectivity index (χ0) is 24.9. The van der Waals surface area contributed by atoms with Crippen molar-refractivity contribution in [3.63, 3.8) is 0 Å². The van der Waals surface area contributed by atoms with Crippen molar-refractivity contribution in [2.45, 2.75) is 20.8 Å². The molecule has 10 heteroatoms. The third-order valence-electron chi connectivity index (χ3n) is 6.15. The number of anilines is 1. The molecule has 0 fully saturated rings. The first-order valence-corrected chi connectivity index (χ1v) is 12.5. The highest BCUT2D eigenvalue weighted by Gasteiger charge is 2.27. The van der Waals surface area contributed by atoms with Crippen molar-refractivity contribution >= 4 is 45.0 Å². The topological polar surface area (TPSA) is 72.7 Å². The lowest BCUT2D eigenvalue weighted by atomic mass is 10.2. The number of thiazole rings is 1. The second-order valence-corrected chi connectivity index (χ2v) is 9.00. The second kappa shape index (κ2) is 12.2. The number of carbonyl (C=O) groups excluding carboxylic acids is 1. The van der Waals surface area contributed by atoms with Gasteiger partial charge in [-0.3, -0.25) is 9.69 Å². The summed E-state index contributed by atoms with van der Waals surface area (Å²) in [6.45, 7) is 9.21.